The average molecular weight is 256 g/mol. The van der Waals surface area contributed by atoms with E-state index in [2.05, 4.69) is 10.3 Å². The van der Waals surface area contributed by atoms with E-state index in [1.54, 1.807) is 13.3 Å². The van der Waals surface area contributed by atoms with Crippen LogP contribution in [0.4, 0.5) is 0 Å². The molecule has 1 heterocycles. The molecule has 2 rings (SSSR count). The van der Waals surface area contributed by atoms with E-state index in [4.69, 9.17) is 4.74 Å². The van der Waals surface area contributed by atoms with Crippen molar-refractivity contribution in [2.45, 2.75) is 12.5 Å². The Bertz CT molecular complexity index is 529. The van der Waals surface area contributed by atoms with Crippen LogP contribution in [0.15, 0.2) is 48.7 Å². The van der Waals surface area contributed by atoms with Crippen LogP contribution >= 0.6 is 0 Å². The summed E-state index contributed by atoms with van der Waals surface area (Å²) in [5.74, 6) is 0.809. The Labute approximate surface area is 112 Å². The normalized spacial score (nSPS) is 11.6. The highest BCUT2D eigenvalue weighted by atomic mass is 16.5. The van der Waals surface area contributed by atoms with E-state index in [-0.39, 0.29) is 6.04 Å². The largest absolute Gasteiger partial charge is 0.497 e. The highest BCUT2D eigenvalue weighted by Gasteiger charge is 2.12. The number of nitrogens with zero attached hydrogens (tertiary/aromatic N) is 1. The molecule has 1 amide bonds. The van der Waals surface area contributed by atoms with Gasteiger partial charge in [0.25, 0.3) is 0 Å². The van der Waals surface area contributed by atoms with Gasteiger partial charge in [-0.3, -0.25) is 9.78 Å². The fourth-order valence-corrected chi connectivity index (χ4v) is 1.95. The van der Waals surface area contributed by atoms with Gasteiger partial charge in [-0.1, -0.05) is 18.2 Å². The van der Waals surface area contributed by atoms with Crippen molar-refractivity contribution >= 4 is 6.41 Å². The molecule has 0 fully saturated rings. The Morgan fingerprint density at radius 3 is 2.89 bits per heavy atom. The van der Waals surface area contributed by atoms with E-state index in [0.717, 1.165) is 17.0 Å². The van der Waals surface area contributed by atoms with E-state index in [1.807, 2.05) is 42.5 Å². The number of hydrogen-bond acceptors (Lipinski definition) is 3. The van der Waals surface area contributed by atoms with Crippen molar-refractivity contribution in [1.29, 1.82) is 0 Å². The van der Waals surface area contributed by atoms with Gasteiger partial charge in [-0.05, 0) is 36.2 Å². The third kappa shape index (κ3) is 3.55. The Kier molecular flexibility index (Phi) is 4.50. The summed E-state index contributed by atoms with van der Waals surface area (Å²) in [5.41, 5.74) is 1.93. The Morgan fingerprint density at radius 2 is 2.21 bits per heavy atom. The molecule has 0 radical (unpaired) electrons. The molecule has 1 unspecified atom stereocenters. The first-order chi connectivity index (χ1) is 9.33. The smallest absolute Gasteiger partial charge is 0.207 e. The summed E-state index contributed by atoms with van der Waals surface area (Å²) in [6.07, 6.45) is 3.10. The lowest BCUT2D eigenvalue weighted by Gasteiger charge is -2.16. The van der Waals surface area contributed by atoms with Gasteiger partial charge in [0.1, 0.15) is 5.75 Å². The fraction of sp³-hybridized carbons (Fsp3) is 0.200. The zero-order chi connectivity index (χ0) is 13.5. The van der Waals surface area contributed by atoms with Crippen LogP contribution < -0.4 is 10.1 Å². The molecule has 4 heteroatoms. The van der Waals surface area contributed by atoms with Gasteiger partial charge >= 0.3 is 0 Å². The number of rotatable bonds is 6. The number of pyridine rings is 1. The van der Waals surface area contributed by atoms with Crippen molar-refractivity contribution in [3.8, 4) is 5.75 Å². The molecule has 1 aromatic carbocycles. The quantitative estimate of drug-likeness (QED) is 0.805. The van der Waals surface area contributed by atoms with Crippen LogP contribution in [0.5, 0.6) is 5.75 Å². The van der Waals surface area contributed by atoms with Crippen molar-refractivity contribution in [1.82, 2.24) is 10.3 Å². The van der Waals surface area contributed by atoms with Crippen molar-refractivity contribution in [2.24, 2.45) is 0 Å². The summed E-state index contributed by atoms with van der Waals surface area (Å²) in [6, 6.07) is 13.3. The zero-order valence-electron chi connectivity index (χ0n) is 10.7. The van der Waals surface area contributed by atoms with E-state index < -0.39 is 0 Å². The molecule has 0 aliphatic heterocycles. The lowest BCUT2D eigenvalue weighted by atomic mass is 10.0. The minimum absolute atomic E-state index is 0.134. The molecule has 19 heavy (non-hydrogen) atoms. The lowest BCUT2D eigenvalue weighted by Crippen LogP contribution is -2.22. The predicted molar refractivity (Wildman–Crippen MR) is 72.9 cm³/mol. The second kappa shape index (κ2) is 6.54. The second-order valence-electron chi connectivity index (χ2n) is 4.15. The second-order valence-corrected chi connectivity index (χ2v) is 4.15. The maximum Gasteiger partial charge on any atom is 0.207 e. The van der Waals surface area contributed by atoms with E-state index >= 15 is 0 Å². The summed E-state index contributed by atoms with van der Waals surface area (Å²) in [4.78, 5) is 15.0. The molecular formula is C15H16N2O2. The first-order valence-electron chi connectivity index (χ1n) is 6.07. The van der Waals surface area contributed by atoms with E-state index in [9.17, 15) is 4.79 Å². The molecule has 2 aromatic rings. The third-order valence-electron chi connectivity index (χ3n) is 2.89. The number of nitrogens with one attached hydrogen (secondary N) is 1. The van der Waals surface area contributed by atoms with E-state index in [0.29, 0.717) is 12.8 Å². The molecule has 0 aliphatic rings. The Hall–Kier alpha value is -2.36. The first-order valence-corrected chi connectivity index (χ1v) is 6.07. The van der Waals surface area contributed by atoms with Gasteiger partial charge in [-0.2, -0.15) is 0 Å². The maximum atomic E-state index is 10.7. The minimum atomic E-state index is -0.134. The number of carbonyl (C=O) groups is 1. The van der Waals surface area contributed by atoms with Crippen molar-refractivity contribution < 1.29 is 9.53 Å². The molecule has 4 nitrogen and oxygen atoms in total. The Balaban J connectivity index is 2.18. The lowest BCUT2D eigenvalue weighted by molar-refractivity contribution is -0.110. The summed E-state index contributed by atoms with van der Waals surface area (Å²) in [6.45, 7) is 0. The molecule has 0 aliphatic carbocycles. The number of aromatic nitrogens is 1. The minimum Gasteiger partial charge on any atom is -0.497 e. The van der Waals surface area contributed by atoms with Gasteiger partial charge in [-0.15, -0.1) is 0 Å². The highest BCUT2D eigenvalue weighted by molar-refractivity contribution is 5.47. The molecular weight excluding hydrogens is 240 g/mol. The Morgan fingerprint density at radius 1 is 1.32 bits per heavy atom. The number of methoxy groups -OCH3 is 1. The molecule has 0 saturated carbocycles. The van der Waals surface area contributed by atoms with Gasteiger partial charge in [0.15, 0.2) is 0 Å². The van der Waals surface area contributed by atoms with Gasteiger partial charge < -0.3 is 10.1 Å². The van der Waals surface area contributed by atoms with E-state index in [1.165, 1.54) is 0 Å². The standard InChI is InChI=1S/C15H16N2O2/c1-19-13-6-4-5-12(9-13)10-15(17-11-18)14-7-2-3-8-16-14/h2-9,11,15H,10H2,1H3,(H,17,18). The van der Waals surface area contributed by atoms with Crippen LogP contribution in [0.2, 0.25) is 0 Å². The fourth-order valence-electron chi connectivity index (χ4n) is 1.95. The van der Waals surface area contributed by atoms with Crippen molar-refractivity contribution in [3.05, 3.63) is 59.9 Å². The SMILES string of the molecule is COc1cccc(CC(NC=O)c2ccccn2)c1. The summed E-state index contributed by atoms with van der Waals surface area (Å²) < 4.78 is 5.20. The molecule has 1 atom stereocenters. The van der Waals surface area contributed by atoms with Crippen LogP contribution in [0.25, 0.3) is 0 Å². The van der Waals surface area contributed by atoms with Gasteiger partial charge in [-0.25, -0.2) is 0 Å². The van der Waals surface area contributed by atoms with Crippen LogP contribution in [-0.4, -0.2) is 18.5 Å². The molecule has 0 bridgehead atoms. The summed E-state index contributed by atoms with van der Waals surface area (Å²) >= 11 is 0. The molecule has 0 saturated heterocycles. The monoisotopic (exact) mass is 256 g/mol. The molecule has 1 aromatic heterocycles. The van der Waals surface area contributed by atoms with Gasteiger partial charge in [0.2, 0.25) is 6.41 Å². The van der Waals surface area contributed by atoms with Gasteiger partial charge in [0, 0.05) is 6.20 Å². The number of hydrogen-bond donors (Lipinski definition) is 1. The molecule has 98 valence electrons. The number of amides is 1. The van der Waals surface area contributed by atoms with Crippen molar-refractivity contribution in [3.63, 3.8) is 0 Å². The van der Waals surface area contributed by atoms with Crippen molar-refractivity contribution in [2.75, 3.05) is 7.11 Å². The van der Waals surface area contributed by atoms with Crippen LogP contribution in [0.1, 0.15) is 17.3 Å². The number of benzene rings is 1. The topological polar surface area (TPSA) is 51.2 Å². The average Bonchev–Trinajstić information content (AvgIpc) is 2.48. The van der Waals surface area contributed by atoms with Gasteiger partial charge in [0.05, 0.1) is 18.8 Å². The van der Waals surface area contributed by atoms with Crippen LogP contribution in [-0.2, 0) is 11.2 Å². The van der Waals surface area contributed by atoms with Crippen LogP contribution in [0.3, 0.4) is 0 Å². The summed E-state index contributed by atoms with van der Waals surface area (Å²) in [5, 5.41) is 2.80. The maximum absolute atomic E-state index is 10.7. The zero-order valence-corrected chi connectivity index (χ0v) is 10.7. The highest BCUT2D eigenvalue weighted by Crippen LogP contribution is 2.19. The summed E-state index contributed by atoms with van der Waals surface area (Å²) in [7, 11) is 1.64. The van der Waals surface area contributed by atoms with Crippen LogP contribution in [0, 0.1) is 0 Å². The first kappa shape index (κ1) is 13.1. The third-order valence-corrected chi connectivity index (χ3v) is 2.89. The number of carbonyl (C=O) groups excluding carboxylic acids is 1. The predicted octanol–water partition coefficient (Wildman–Crippen LogP) is 2.12. The number of ether oxygens (including phenoxy) is 1. The molecule has 0 spiro atoms. The molecule has 1 N–H and O–H groups in total.